The van der Waals surface area contributed by atoms with Crippen LogP contribution in [0.4, 0.5) is 5.69 Å². The highest BCUT2D eigenvalue weighted by Gasteiger charge is 2.22. The van der Waals surface area contributed by atoms with E-state index in [9.17, 15) is 14.4 Å². The van der Waals surface area contributed by atoms with E-state index in [2.05, 4.69) is 10.6 Å². The number of carbonyl (C=O) groups excluding carboxylic acids is 3. The second kappa shape index (κ2) is 9.24. The average molecular weight is 358 g/mol. The van der Waals surface area contributed by atoms with Crippen molar-refractivity contribution in [2.24, 2.45) is 5.73 Å². The standard InChI is InChI=1S/C16H23N3O4.ClH/c1-5-23-14(21)10(2)18-13(20)11-6-8-12(9-7-11)19-15(22)16(3,4)17;/h6-10H,5,17H2,1-4H3,(H,18,20)(H,19,22);1H. The quantitative estimate of drug-likeness (QED) is 0.667. The Morgan fingerprint density at radius 3 is 2.21 bits per heavy atom. The van der Waals surface area contributed by atoms with E-state index in [0.717, 1.165) is 0 Å². The molecule has 1 aromatic rings. The van der Waals surface area contributed by atoms with Crippen LogP contribution in [0.5, 0.6) is 0 Å². The summed E-state index contributed by atoms with van der Waals surface area (Å²) in [4.78, 5) is 35.3. The van der Waals surface area contributed by atoms with E-state index in [1.165, 1.54) is 0 Å². The Bertz CT molecular complexity index is 582. The third-order valence-electron chi connectivity index (χ3n) is 2.98. The van der Waals surface area contributed by atoms with Crippen LogP contribution in [0.25, 0.3) is 0 Å². The third kappa shape index (κ3) is 6.55. The molecular weight excluding hydrogens is 334 g/mol. The molecule has 0 aliphatic heterocycles. The summed E-state index contributed by atoms with van der Waals surface area (Å²) >= 11 is 0. The second-order valence-corrected chi connectivity index (χ2v) is 5.70. The van der Waals surface area contributed by atoms with Gasteiger partial charge in [0.15, 0.2) is 0 Å². The van der Waals surface area contributed by atoms with Gasteiger partial charge in [0, 0.05) is 11.3 Å². The van der Waals surface area contributed by atoms with Crippen molar-refractivity contribution >= 4 is 35.9 Å². The van der Waals surface area contributed by atoms with Crippen LogP contribution >= 0.6 is 12.4 Å². The summed E-state index contributed by atoms with van der Waals surface area (Å²) in [5.74, 6) is -1.22. The van der Waals surface area contributed by atoms with Gasteiger partial charge in [0.25, 0.3) is 5.91 Å². The number of rotatable bonds is 6. The zero-order chi connectivity index (χ0) is 17.6. The predicted octanol–water partition coefficient (Wildman–Crippen LogP) is 1.47. The molecule has 7 nitrogen and oxygen atoms in total. The highest BCUT2D eigenvalue weighted by molar-refractivity contribution is 5.99. The molecular formula is C16H24ClN3O4. The van der Waals surface area contributed by atoms with E-state index in [1.807, 2.05) is 0 Å². The first-order chi connectivity index (χ1) is 10.6. The summed E-state index contributed by atoms with van der Waals surface area (Å²) in [5.41, 5.74) is 5.60. The molecule has 0 saturated heterocycles. The lowest BCUT2D eigenvalue weighted by Crippen LogP contribution is -2.45. The van der Waals surface area contributed by atoms with Gasteiger partial charge in [-0.25, -0.2) is 4.79 Å². The predicted molar refractivity (Wildman–Crippen MR) is 94.1 cm³/mol. The molecule has 134 valence electrons. The first-order valence-electron chi connectivity index (χ1n) is 7.33. The summed E-state index contributed by atoms with van der Waals surface area (Å²) in [5, 5.41) is 5.20. The first-order valence-corrected chi connectivity index (χ1v) is 7.33. The number of ether oxygens (including phenoxy) is 1. The summed E-state index contributed by atoms with van der Waals surface area (Å²) in [7, 11) is 0. The summed E-state index contributed by atoms with van der Waals surface area (Å²) < 4.78 is 4.82. The molecule has 1 atom stereocenters. The molecule has 0 spiro atoms. The summed E-state index contributed by atoms with van der Waals surface area (Å²) in [6, 6.07) is 5.54. The number of esters is 1. The first kappa shape index (κ1) is 21.9. The van der Waals surface area contributed by atoms with Gasteiger partial charge in [0.05, 0.1) is 12.1 Å². The van der Waals surface area contributed by atoms with Gasteiger partial charge in [-0.15, -0.1) is 12.4 Å². The van der Waals surface area contributed by atoms with Crippen molar-refractivity contribution in [2.45, 2.75) is 39.3 Å². The molecule has 8 heteroatoms. The van der Waals surface area contributed by atoms with Gasteiger partial charge in [0.1, 0.15) is 6.04 Å². The topological polar surface area (TPSA) is 111 Å². The fourth-order valence-electron chi connectivity index (χ4n) is 1.60. The van der Waals surface area contributed by atoms with Crippen LogP contribution in [-0.4, -0.2) is 36.0 Å². The molecule has 4 N–H and O–H groups in total. The second-order valence-electron chi connectivity index (χ2n) is 5.70. The molecule has 0 bridgehead atoms. The number of halogens is 1. The van der Waals surface area contributed by atoms with Crippen molar-refractivity contribution in [3.63, 3.8) is 0 Å². The number of nitrogens with two attached hydrogens (primary N) is 1. The van der Waals surface area contributed by atoms with Crippen LogP contribution in [0.1, 0.15) is 38.1 Å². The Kier molecular flexibility index (Phi) is 8.43. The van der Waals surface area contributed by atoms with Crippen molar-refractivity contribution in [3.05, 3.63) is 29.8 Å². The van der Waals surface area contributed by atoms with Crippen LogP contribution in [0, 0.1) is 0 Å². The van der Waals surface area contributed by atoms with Crippen LogP contribution in [0.3, 0.4) is 0 Å². The van der Waals surface area contributed by atoms with Crippen molar-refractivity contribution in [1.82, 2.24) is 5.32 Å². The van der Waals surface area contributed by atoms with Gasteiger partial charge >= 0.3 is 5.97 Å². The molecule has 0 saturated carbocycles. The van der Waals surface area contributed by atoms with Crippen LogP contribution in [0.2, 0.25) is 0 Å². The Morgan fingerprint density at radius 1 is 1.21 bits per heavy atom. The third-order valence-corrected chi connectivity index (χ3v) is 2.98. The zero-order valence-electron chi connectivity index (χ0n) is 14.2. The summed E-state index contributed by atoms with van der Waals surface area (Å²) in [6.07, 6.45) is 0. The largest absolute Gasteiger partial charge is 0.464 e. The van der Waals surface area contributed by atoms with Crippen molar-refractivity contribution in [2.75, 3.05) is 11.9 Å². The molecule has 24 heavy (non-hydrogen) atoms. The molecule has 2 amide bonds. The normalized spacial score (nSPS) is 11.7. The van der Waals surface area contributed by atoms with Gasteiger partial charge in [-0.05, 0) is 52.0 Å². The minimum absolute atomic E-state index is 0. The Morgan fingerprint density at radius 2 is 1.75 bits per heavy atom. The highest BCUT2D eigenvalue weighted by atomic mass is 35.5. The molecule has 0 aliphatic rings. The molecule has 0 radical (unpaired) electrons. The van der Waals surface area contributed by atoms with Crippen molar-refractivity contribution < 1.29 is 19.1 Å². The number of hydrogen-bond donors (Lipinski definition) is 3. The highest BCUT2D eigenvalue weighted by Crippen LogP contribution is 2.12. The van der Waals surface area contributed by atoms with E-state index in [0.29, 0.717) is 11.3 Å². The van der Waals surface area contributed by atoms with Crippen molar-refractivity contribution in [1.29, 1.82) is 0 Å². The Labute approximate surface area is 147 Å². The number of benzene rings is 1. The van der Waals surface area contributed by atoms with Gasteiger partial charge < -0.3 is 21.1 Å². The Hall–Kier alpha value is -2.12. The lowest BCUT2D eigenvalue weighted by molar-refractivity contribution is -0.144. The van der Waals surface area contributed by atoms with E-state index < -0.39 is 23.5 Å². The maximum Gasteiger partial charge on any atom is 0.328 e. The minimum atomic E-state index is -0.995. The molecule has 0 aliphatic carbocycles. The smallest absolute Gasteiger partial charge is 0.328 e. The zero-order valence-corrected chi connectivity index (χ0v) is 15.0. The molecule has 1 unspecified atom stereocenters. The average Bonchev–Trinajstić information content (AvgIpc) is 2.47. The number of carbonyl (C=O) groups is 3. The molecule has 1 aromatic carbocycles. The van der Waals surface area contributed by atoms with Crippen LogP contribution < -0.4 is 16.4 Å². The van der Waals surface area contributed by atoms with E-state index >= 15 is 0 Å². The van der Waals surface area contributed by atoms with Gasteiger partial charge in [-0.1, -0.05) is 0 Å². The molecule has 0 fully saturated rings. The maximum absolute atomic E-state index is 12.0. The van der Waals surface area contributed by atoms with Gasteiger partial charge in [-0.2, -0.15) is 0 Å². The summed E-state index contributed by atoms with van der Waals surface area (Å²) in [6.45, 7) is 6.70. The number of nitrogens with one attached hydrogen (secondary N) is 2. The van der Waals surface area contributed by atoms with E-state index in [1.54, 1.807) is 52.0 Å². The lowest BCUT2D eigenvalue weighted by atomic mass is 10.1. The van der Waals surface area contributed by atoms with Gasteiger partial charge in [-0.3, -0.25) is 9.59 Å². The van der Waals surface area contributed by atoms with E-state index in [-0.39, 0.29) is 24.9 Å². The SMILES string of the molecule is CCOC(=O)C(C)NC(=O)c1ccc(NC(=O)C(C)(C)N)cc1.Cl. The van der Waals surface area contributed by atoms with Crippen LogP contribution in [0.15, 0.2) is 24.3 Å². The minimum Gasteiger partial charge on any atom is -0.464 e. The van der Waals surface area contributed by atoms with Crippen molar-refractivity contribution in [3.8, 4) is 0 Å². The fraction of sp³-hybridized carbons (Fsp3) is 0.438. The maximum atomic E-state index is 12.0. The number of anilines is 1. The number of amides is 2. The lowest BCUT2D eigenvalue weighted by Gasteiger charge is -2.18. The number of hydrogen-bond acceptors (Lipinski definition) is 5. The molecule has 0 aromatic heterocycles. The fourth-order valence-corrected chi connectivity index (χ4v) is 1.60. The van der Waals surface area contributed by atoms with Crippen LogP contribution in [-0.2, 0) is 14.3 Å². The molecule has 1 rings (SSSR count). The van der Waals surface area contributed by atoms with Gasteiger partial charge in [0.2, 0.25) is 5.91 Å². The molecule has 0 heterocycles. The van der Waals surface area contributed by atoms with E-state index in [4.69, 9.17) is 10.5 Å². The Balaban J connectivity index is 0.00000529. The monoisotopic (exact) mass is 357 g/mol.